The summed E-state index contributed by atoms with van der Waals surface area (Å²) in [5.74, 6) is 0.211. The average Bonchev–Trinajstić information content (AvgIpc) is 2.73. The number of carbonyl (C=O) groups is 2. The van der Waals surface area contributed by atoms with E-state index in [1.54, 1.807) is 0 Å². The zero-order chi connectivity index (χ0) is 20.6. The van der Waals surface area contributed by atoms with E-state index in [9.17, 15) is 9.59 Å². The van der Waals surface area contributed by atoms with Gasteiger partial charge in [-0.3, -0.25) is 14.5 Å². The summed E-state index contributed by atoms with van der Waals surface area (Å²) in [6.07, 6.45) is 4.46. The summed E-state index contributed by atoms with van der Waals surface area (Å²) in [4.78, 5) is 27.3. The standard InChI is InChI=1S/C24H33N3O2/c1-3-4-15-25-24(29)20-13-12-18(2)27(17-20)16-14-23(28)26-22-11-7-9-19-8-5-6-10-21(19)22/h5-11,18,20H,3-4,12-17H2,1-2H3,(H,25,29)(H,26,28). The summed E-state index contributed by atoms with van der Waals surface area (Å²) in [5.41, 5.74) is 0.855. The molecule has 1 fully saturated rings. The van der Waals surface area contributed by atoms with Gasteiger partial charge in [-0.15, -0.1) is 0 Å². The third kappa shape index (κ3) is 5.80. The van der Waals surface area contributed by atoms with Crippen LogP contribution in [0.5, 0.6) is 0 Å². The minimum Gasteiger partial charge on any atom is -0.356 e. The SMILES string of the molecule is CCCCNC(=O)C1CCC(C)N(CCC(=O)Nc2cccc3ccccc23)C1. The monoisotopic (exact) mass is 395 g/mol. The van der Waals surface area contributed by atoms with Crippen LogP contribution in [0.25, 0.3) is 10.8 Å². The van der Waals surface area contributed by atoms with E-state index in [0.29, 0.717) is 19.0 Å². The van der Waals surface area contributed by atoms with Crippen molar-refractivity contribution in [1.82, 2.24) is 10.2 Å². The lowest BCUT2D eigenvalue weighted by Gasteiger charge is -2.37. The summed E-state index contributed by atoms with van der Waals surface area (Å²) >= 11 is 0. The summed E-state index contributed by atoms with van der Waals surface area (Å²) < 4.78 is 0. The molecule has 0 aliphatic carbocycles. The summed E-state index contributed by atoms with van der Waals surface area (Å²) in [7, 11) is 0. The maximum Gasteiger partial charge on any atom is 0.225 e. The molecule has 29 heavy (non-hydrogen) atoms. The first-order chi connectivity index (χ1) is 14.1. The van der Waals surface area contributed by atoms with Crippen LogP contribution in [0, 0.1) is 5.92 Å². The van der Waals surface area contributed by atoms with Crippen molar-refractivity contribution >= 4 is 28.3 Å². The number of piperidine rings is 1. The molecule has 2 N–H and O–H groups in total. The predicted octanol–water partition coefficient (Wildman–Crippen LogP) is 4.19. The predicted molar refractivity (Wildman–Crippen MR) is 119 cm³/mol. The van der Waals surface area contributed by atoms with Crippen LogP contribution in [-0.2, 0) is 9.59 Å². The molecule has 5 nitrogen and oxygen atoms in total. The Balaban J connectivity index is 1.52. The second-order valence-corrected chi connectivity index (χ2v) is 8.09. The van der Waals surface area contributed by atoms with Gasteiger partial charge < -0.3 is 10.6 Å². The molecule has 1 aliphatic heterocycles. The fourth-order valence-corrected chi connectivity index (χ4v) is 4.03. The van der Waals surface area contributed by atoms with Crippen molar-refractivity contribution in [2.45, 2.75) is 52.0 Å². The number of nitrogens with zero attached hydrogens (tertiary/aromatic N) is 1. The number of benzene rings is 2. The number of nitrogens with one attached hydrogen (secondary N) is 2. The van der Waals surface area contributed by atoms with Crippen LogP contribution in [0.3, 0.4) is 0 Å². The molecule has 0 aromatic heterocycles. The fourth-order valence-electron chi connectivity index (χ4n) is 4.03. The van der Waals surface area contributed by atoms with E-state index >= 15 is 0 Å². The van der Waals surface area contributed by atoms with E-state index in [1.807, 2.05) is 42.5 Å². The van der Waals surface area contributed by atoms with Gasteiger partial charge >= 0.3 is 0 Å². The first-order valence-corrected chi connectivity index (χ1v) is 10.9. The average molecular weight is 396 g/mol. The zero-order valence-electron chi connectivity index (χ0n) is 17.6. The first-order valence-electron chi connectivity index (χ1n) is 10.9. The van der Waals surface area contributed by atoms with Gasteiger partial charge in [-0.25, -0.2) is 0 Å². The zero-order valence-corrected chi connectivity index (χ0v) is 17.6. The molecule has 5 heteroatoms. The molecule has 0 spiro atoms. The molecule has 0 saturated carbocycles. The Kier molecular flexibility index (Phi) is 7.64. The van der Waals surface area contributed by atoms with Crippen LogP contribution in [0.2, 0.25) is 0 Å². The molecule has 0 bridgehead atoms. The van der Waals surface area contributed by atoms with Crippen molar-refractivity contribution in [3.63, 3.8) is 0 Å². The molecular weight excluding hydrogens is 362 g/mol. The molecule has 0 radical (unpaired) electrons. The molecule has 1 heterocycles. The highest BCUT2D eigenvalue weighted by Gasteiger charge is 2.29. The van der Waals surface area contributed by atoms with E-state index in [4.69, 9.17) is 0 Å². The number of hydrogen-bond acceptors (Lipinski definition) is 3. The largest absolute Gasteiger partial charge is 0.356 e. The lowest BCUT2D eigenvalue weighted by molar-refractivity contribution is -0.127. The van der Waals surface area contributed by atoms with Crippen LogP contribution < -0.4 is 10.6 Å². The second-order valence-electron chi connectivity index (χ2n) is 8.09. The number of rotatable bonds is 8. The van der Waals surface area contributed by atoms with Gasteiger partial charge in [-0.2, -0.15) is 0 Å². The van der Waals surface area contributed by atoms with Gasteiger partial charge in [-0.1, -0.05) is 49.7 Å². The Bertz CT molecular complexity index is 830. The van der Waals surface area contributed by atoms with E-state index in [2.05, 4.69) is 29.4 Å². The van der Waals surface area contributed by atoms with Crippen LogP contribution >= 0.6 is 0 Å². The van der Waals surface area contributed by atoms with Gasteiger partial charge in [0.1, 0.15) is 0 Å². The summed E-state index contributed by atoms with van der Waals surface area (Å²) in [6.45, 7) is 6.49. The third-order valence-corrected chi connectivity index (χ3v) is 5.90. The number of hydrogen-bond donors (Lipinski definition) is 2. The quantitative estimate of drug-likeness (QED) is 0.659. The van der Waals surface area contributed by atoms with Gasteiger partial charge in [0.15, 0.2) is 0 Å². The number of likely N-dealkylation sites (tertiary alicyclic amines) is 1. The Morgan fingerprint density at radius 1 is 1.10 bits per heavy atom. The number of fused-ring (bicyclic) bond motifs is 1. The van der Waals surface area contributed by atoms with E-state index in [-0.39, 0.29) is 17.7 Å². The molecule has 2 atom stereocenters. The van der Waals surface area contributed by atoms with E-state index in [0.717, 1.165) is 55.2 Å². The van der Waals surface area contributed by atoms with Crippen LogP contribution in [0.1, 0.15) is 46.0 Å². The lowest BCUT2D eigenvalue weighted by Crippen LogP contribution is -2.47. The molecule has 2 aromatic rings. The number of unbranched alkanes of at least 4 members (excludes halogenated alkanes) is 1. The minimum atomic E-state index is 0.0167. The van der Waals surface area contributed by atoms with Gasteiger partial charge in [-0.05, 0) is 37.6 Å². The number of anilines is 1. The number of amides is 2. The highest BCUT2D eigenvalue weighted by molar-refractivity contribution is 6.02. The van der Waals surface area contributed by atoms with Gasteiger partial charge in [0, 0.05) is 43.2 Å². The van der Waals surface area contributed by atoms with Gasteiger partial charge in [0.2, 0.25) is 11.8 Å². The van der Waals surface area contributed by atoms with Crippen molar-refractivity contribution in [2.24, 2.45) is 5.92 Å². The topological polar surface area (TPSA) is 61.4 Å². The minimum absolute atomic E-state index is 0.0167. The third-order valence-electron chi connectivity index (χ3n) is 5.90. The van der Waals surface area contributed by atoms with Crippen molar-refractivity contribution in [1.29, 1.82) is 0 Å². The molecule has 1 aliphatic rings. The maximum atomic E-state index is 12.6. The maximum absolute atomic E-state index is 12.6. The Labute approximate surface area is 173 Å². The van der Waals surface area contributed by atoms with Crippen LogP contribution in [0.15, 0.2) is 42.5 Å². The molecular formula is C24H33N3O2. The first kappa shape index (κ1) is 21.3. The van der Waals surface area contributed by atoms with E-state index < -0.39 is 0 Å². The van der Waals surface area contributed by atoms with Crippen molar-refractivity contribution < 1.29 is 9.59 Å². The molecule has 2 aromatic carbocycles. The van der Waals surface area contributed by atoms with Gasteiger partial charge in [0.05, 0.1) is 5.92 Å². The van der Waals surface area contributed by atoms with Gasteiger partial charge in [0.25, 0.3) is 0 Å². The Morgan fingerprint density at radius 2 is 1.90 bits per heavy atom. The smallest absolute Gasteiger partial charge is 0.225 e. The molecule has 2 amide bonds. The fraction of sp³-hybridized carbons (Fsp3) is 0.500. The van der Waals surface area contributed by atoms with Crippen LogP contribution in [-0.4, -0.2) is 42.4 Å². The van der Waals surface area contributed by atoms with Crippen molar-refractivity contribution in [3.05, 3.63) is 42.5 Å². The van der Waals surface area contributed by atoms with Crippen LogP contribution in [0.4, 0.5) is 5.69 Å². The lowest BCUT2D eigenvalue weighted by atomic mass is 9.92. The number of carbonyl (C=O) groups excluding carboxylic acids is 2. The molecule has 156 valence electrons. The highest BCUT2D eigenvalue weighted by atomic mass is 16.2. The Hall–Kier alpha value is -2.40. The van der Waals surface area contributed by atoms with Crippen molar-refractivity contribution in [3.8, 4) is 0 Å². The summed E-state index contributed by atoms with van der Waals surface area (Å²) in [6, 6.07) is 14.4. The molecule has 3 rings (SSSR count). The summed E-state index contributed by atoms with van der Waals surface area (Å²) in [5, 5.41) is 8.29. The second kappa shape index (κ2) is 10.4. The molecule has 2 unspecified atom stereocenters. The Morgan fingerprint density at radius 3 is 2.72 bits per heavy atom. The normalized spacial score (nSPS) is 19.8. The van der Waals surface area contributed by atoms with E-state index in [1.165, 1.54) is 0 Å². The highest BCUT2D eigenvalue weighted by Crippen LogP contribution is 2.24. The van der Waals surface area contributed by atoms with Crippen molar-refractivity contribution in [2.75, 3.05) is 25.0 Å². The molecule has 1 saturated heterocycles.